The molecule has 6 nitrogen and oxygen atoms in total. The van der Waals surface area contributed by atoms with E-state index in [1.807, 2.05) is 30.3 Å². The topological polar surface area (TPSA) is 75.7 Å². The predicted octanol–water partition coefficient (Wildman–Crippen LogP) is 2.93. The van der Waals surface area contributed by atoms with Gasteiger partial charge in [-0.05, 0) is 50.2 Å². The van der Waals surface area contributed by atoms with E-state index in [0.29, 0.717) is 19.5 Å². The molecular weight excluding hydrogens is 368 g/mol. The van der Waals surface area contributed by atoms with Crippen molar-refractivity contribution in [2.45, 2.75) is 52.0 Å². The average Bonchev–Trinajstić information content (AvgIpc) is 2.99. The first kappa shape index (κ1) is 19.7. The standard InChI is InChI=1S/C23H28N2O4/c1-2-29-22(28)23-12-6-10-17-11-7-13-25(20(17)23)21(27)18(23)14-19(26)24-15-16-8-4-3-5-9-16/h3-5,8-9,18H,2,6-7,10-15H2,1H3,(H,24,26)/t18-,23-/m1/s1. The summed E-state index contributed by atoms with van der Waals surface area (Å²) in [4.78, 5) is 41.0. The van der Waals surface area contributed by atoms with Crippen LogP contribution in [0.4, 0.5) is 0 Å². The van der Waals surface area contributed by atoms with Gasteiger partial charge in [0.2, 0.25) is 11.8 Å². The molecule has 6 heteroatoms. The van der Waals surface area contributed by atoms with Crippen LogP contribution in [-0.2, 0) is 25.7 Å². The molecule has 29 heavy (non-hydrogen) atoms. The molecule has 0 bridgehead atoms. The number of allylic oxidation sites excluding steroid dienone is 1. The molecule has 0 saturated carbocycles. The van der Waals surface area contributed by atoms with E-state index in [0.717, 1.165) is 36.9 Å². The van der Waals surface area contributed by atoms with Gasteiger partial charge in [-0.1, -0.05) is 30.3 Å². The number of benzene rings is 1. The summed E-state index contributed by atoms with van der Waals surface area (Å²) in [6.45, 7) is 3.08. The zero-order chi connectivity index (χ0) is 20.4. The second-order valence-corrected chi connectivity index (χ2v) is 8.11. The Morgan fingerprint density at radius 3 is 2.72 bits per heavy atom. The zero-order valence-electron chi connectivity index (χ0n) is 16.9. The van der Waals surface area contributed by atoms with Crippen LogP contribution in [0.2, 0.25) is 0 Å². The van der Waals surface area contributed by atoms with Crippen molar-refractivity contribution in [2.24, 2.45) is 11.3 Å². The number of hydrogen-bond acceptors (Lipinski definition) is 4. The molecule has 1 saturated heterocycles. The molecule has 2 aliphatic heterocycles. The summed E-state index contributed by atoms with van der Waals surface area (Å²) in [5.41, 5.74) is 2.07. The summed E-state index contributed by atoms with van der Waals surface area (Å²) in [6, 6.07) is 9.66. The third-order valence-corrected chi connectivity index (χ3v) is 6.46. The summed E-state index contributed by atoms with van der Waals surface area (Å²) in [6.07, 6.45) is 4.19. The lowest BCUT2D eigenvalue weighted by Crippen LogP contribution is -2.44. The quantitative estimate of drug-likeness (QED) is 0.750. The molecule has 0 radical (unpaired) electrons. The number of carbonyl (C=O) groups excluding carboxylic acids is 3. The zero-order valence-corrected chi connectivity index (χ0v) is 16.9. The molecule has 0 unspecified atom stereocenters. The van der Waals surface area contributed by atoms with E-state index in [-0.39, 0.29) is 30.8 Å². The van der Waals surface area contributed by atoms with Gasteiger partial charge in [-0.15, -0.1) is 0 Å². The van der Waals surface area contributed by atoms with E-state index in [4.69, 9.17) is 4.74 Å². The number of hydrogen-bond donors (Lipinski definition) is 1. The number of nitrogens with one attached hydrogen (secondary N) is 1. The summed E-state index contributed by atoms with van der Waals surface area (Å²) >= 11 is 0. The van der Waals surface area contributed by atoms with Crippen LogP contribution < -0.4 is 5.32 Å². The molecular formula is C23H28N2O4. The fourth-order valence-electron chi connectivity index (χ4n) is 5.25. The van der Waals surface area contributed by atoms with Crippen LogP contribution in [0.15, 0.2) is 41.6 Å². The van der Waals surface area contributed by atoms with Gasteiger partial charge in [0, 0.05) is 25.2 Å². The van der Waals surface area contributed by atoms with Crippen molar-refractivity contribution in [1.82, 2.24) is 10.2 Å². The second kappa shape index (κ2) is 8.01. The first-order valence-electron chi connectivity index (χ1n) is 10.6. The van der Waals surface area contributed by atoms with Crippen LogP contribution in [0, 0.1) is 11.3 Å². The minimum Gasteiger partial charge on any atom is -0.465 e. The van der Waals surface area contributed by atoms with E-state index >= 15 is 0 Å². The maximum atomic E-state index is 13.3. The fourth-order valence-corrected chi connectivity index (χ4v) is 5.25. The molecule has 1 N–H and O–H groups in total. The van der Waals surface area contributed by atoms with E-state index in [2.05, 4.69) is 5.32 Å². The highest BCUT2D eigenvalue weighted by molar-refractivity contribution is 5.99. The maximum Gasteiger partial charge on any atom is 0.318 e. The third-order valence-electron chi connectivity index (χ3n) is 6.46. The largest absolute Gasteiger partial charge is 0.465 e. The lowest BCUT2D eigenvalue weighted by molar-refractivity contribution is -0.158. The first-order chi connectivity index (χ1) is 14.1. The van der Waals surface area contributed by atoms with Crippen molar-refractivity contribution in [3.63, 3.8) is 0 Å². The molecule has 1 aliphatic carbocycles. The maximum absolute atomic E-state index is 13.3. The van der Waals surface area contributed by atoms with Gasteiger partial charge in [0.1, 0.15) is 5.41 Å². The molecule has 1 fully saturated rings. The molecule has 0 aromatic heterocycles. The van der Waals surface area contributed by atoms with Gasteiger partial charge in [0.05, 0.1) is 12.5 Å². The van der Waals surface area contributed by atoms with E-state index in [9.17, 15) is 14.4 Å². The number of esters is 1. The van der Waals surface area contributed by atoms with Gasteiger partial charge >= 0.3 is 5.97 Å². The van der Waals surface area contributed by atoms with Crippen LogP contribution in [-0.4, -0.2) is 35.8 Å². The Morgan fingerprint density at radius 2 is 1.97 bits per heavy atom. The predicted molar refractivity (Wildman–Crippen MR) is 107 cm³/mol. The number of rotatable bonds is 6. The molecule has 2 amide bonds. The second-order valence-electron chi connectivity index (χ2n) is 8.11. The highest BCUT2D eigenvalue weighted by Crippen LogP contribution is 2.57. The first-order valence-corrected chi connectivity index (χ1v) is 10.6. The number of nitrogens with zero attached hydrogens (tertiary/aromatic N) is 1. The Morgan fingerprint density at radius 1 is 1.21 bits per heavy atom. The van der Waals surface area contributed by atoms with Crippen molar-refractivity contribution in [1.29, 1.82) is 0 Å². The molecule has 3 aliphatic rings. The smallest absolute Gasteiger partial charge is 0.318 e. The van der Waals surface area contributed by atoms with Crippen molar-refractivity contribution in [3.8, 4) is 0 Å². The van der Waals surface area contributed by atoms with Crippen LogP contribution in [0.1, 0.15) is 51.0 Å². The summed E-state index contributed by atoms with van der Waals surface area (Å²) in [5.74, 6) is -1.32. The Bertz CT molecular complexity index is 844. The Labute approximate surface area is 171 Å². The van der Waals surface area contributed by atoms with Crippen molar-refractivity contribution < 1.29 is 19.1 Å². The lowest BCUT2D eigenvalue weighted by atomic mass is 9.65. The van der Waals surface area contributed by atoms with Gasteiger partial charge in [-0.2, -0.15) is 0 Å². The number of amides is 2. The summed E-state index contributed by atoms with van der Waals surface area (Å²) in [5, 5.41) is 2.91. The van der Waals surface area contributed by atoms with Gasteiger partial charge in [0.25, 0.3) is 0 Å². The highest BCUT2D eigenvalue weighted by atomic mass is 16.5. The fraction of sp³-hybridized carbons (Fsp3) is 0.522. The van der Waals surface area contributed by atoms with Crippen molar-refractivity contribution in [3.05, 3.63) is 47.2 Å². The monoisotopic (exact) mass is 396 g/mol. The minimum atomic E-state index is -0.995. The Balaban J connectivity index is 1.60. The van der Waals surface area contributed by atoms with E-state index in [1.165, 1.54) is 5.57 Å². The van der Waals surface area contributed by atoms with Crippen LogP contribution in [0.3, 0.4) is 0 Å². The van der Waals surface area contributed by atoms with Crippen molar-refractivity contribution >= 4 is 17.8 Å². The number of carbonyl (C=O) groups is 3. The van der Waals surface area contributed by atoms with E-state index in [1.54, 1.807) is 11.8 Å². The highest BCUT2D eigenvalue weighted by Gasteiger charge is 2.63. The number of ether oxygens (including phenoxy) is 1. The van der Waals surface area contributed by atoms with Crippen molar-refractivity contribution in [2.75, 3.05) is 13.2 Å². The Kier molecular flexibility index (Phi) is 5.43. The normalized spacial score (nSPS) is 25.6. The van der Waals surface area contributed by atoms with Crippen LogP contribution >= 0.6 is 0 Å². The van der Waals surface area contributed by atoms with Gasteiger partial charge in [0.15, 0.2) is 0 Å². The SMILES string of the molecule is CCOC(=O)[C@@]12CCCC3=C1N(CCC3)C(=O)[C@H]2CC(=O)NCc1ccccc1. The van der Waals surface area contributed by atoms with Gasteiger partial charge in [-0.3, -0.25) is 14.4 Å². The summed E-state index contributed by atoms with van der Waals surface area (Å²) in [7, 11) is 0. The van der Waals surface area contributed by atoms with Crippen LogP contribution in [0.25, 0.3) is 0 Å². The molecule has 154 valence electrons. The average molecular weight is 396 g/mol. The van der Waals surface area contributed by atoms with Gasteiger partial charge in [-0.25, -0.2) is 0 Å². The van der Waals surface area contributed by atoms with Gasteiger partial charge < -0.3 is 15.0 Å². The molecule has 1 aromatic rings. The molecule has 2 atom stereocenters. The Hall–Kier alpha value is -2.63. The minimum absolute atomic E-state index is 0.0117. The molecule has 2 heterocycles. The lowest BCUT2D eigenvalue weighted by Gasteiger charge is -2.39. The molecule has 0 spiro atoms. The third kappa shape index (κ3) is 3.34. The van der Waals surface area contributed by atoms with Crippen LogP contribution in [0.5, 0.6) is 0 Å². The summed E-state index contributed by atoms with van der Waals surface area (Å²) < 4.78 is 5.46. The molecule has 1 aromatic carbocycles. The molecule has 4 rings (SSSR count). The van der Waals surface area contributed by atoms with E-state index < -0.39 is 11.3 Å².